The molecule has 37 heavy (non-hydrogen) atoms. The van der Waals surface area contributed by atoms with Gasteiger partial charge in [-0.15, -0.1) is 0 Å². The minimum atomic E-state index is -2.57. The molecule has 2 fully saturated rings. The number of hydrogen-bond acceptors (Lipinski definition) is 3. The Morgan fingerprint density at radius 1 is 0.811 bits per heavy atom. The van der Waals surface area contributed by atoms with Crippen LogP contribution in [-0.4, -0.2) is 45.6 Å². The molecule has 3 aromatic rings. The Bertz CT molecular complexity index is 1200. The van der Waals surface area contributed by atoms with Gasteiger partial charge in [-0.25, -0.2) is 13.2 Å². The Morgan fingerprint density at radius 3 is 1.76 bits per heavy atom. The number of fused-ring (bicyclic) bond motifs is 2. The molecule has 2 saturated carbocycles. The van der Waals surface area contributed by atoms with E-state index in [0.29, 0.717) is 36.0 Å². The molecule has 2 aliphatic carbocycles. The Labute approximate surface area is 217 Å². The van der Waals surface area contributed by atoms with Crippen molar-refractivity contribution in [2.45, 2.75) is 36.2 Å². The van der Waals surface area contributed by atoms with Gasteiger partial charge in [0.1, 0.15) is 17.5 Å². The predicted octanol–water partition coefficient (Wildman–Crippen LogP) is 3.77. The number of hydrogen-bond donors (Lipinski definition) is 0. The normalized spacial score (nSPS) is 23.9. The van der Waals surface area contributed by atoms with Crippen LogP contribution in [0.3, 0.4) is 0 Å². The summed E-state index contributed by atoms with van der Waals surface area (Å²) in [4.78, 5) is 0. The van der Waals surface area contributed by atoms with Crippen LogP contribution < -0.4 is 10.0 Å². The zero-order valence-corrected chi connectivity index (χ0v) is 21.6. The fourth-order valence-electron chi connectivity index (χ4n) is 6.45. The zero-order valence-electron chi connectivity index (χ0n) is 21.6. The van der Waals surface area contributed by atoms with Crippen LogP contribution in [0.15, 0.2) is 72.8 Å². The number of benzene rings is 3. The first kappa shape index (κ1) is 27.4. The summed E-state index contributed by atoms with van der Waals surface area (Å²) in [6.45, 7) is 0. The maximum Gasteiger partial charge on any atom is 0.123 e. The lowest BCUT2D eigenvalue weighted by Gasteiger charge is -2.55. The number of halogens is 3. The summed E-state index contributed by atoms with van der Waals surface area (Å²) in [5.41, 5.74) is -0.937. The molecule has 0 aliphatic heterocycles. The molecule has 0 radical (unpaired) electrons. The van der Waals surface area contributed by atoms with Gasteiger partial charge in [0.2, 0.25) is 0 Å². The van der Waals surface area contributed by atoms with E-state index in [2.05, 4.69) is 28.2 Å². The van der Waals surface area contributed by atoms with Crippen molar-refractivity contribution in [2.75, 3.05) is 28.2 Å². The van der Waals surface area contributed by atoms with Gasteiger partial charge in [-0.3, -0.25) is 0 Å². The van der Waals surface area contributed by atoms with Crippen LogP contribution in [-0.2, 0) is 10.1 Å². The van der Waals surface area contributed by atoms with Gasteiger partial charge in [0.15, 0.2) is 0 Å². The molecule has 0 N–H and O–H groups in total. The van der Waals surface area contributed by atoms with Gasteiger partial charge in [-0.05, 0) is 78.3 Å². The quantitative estimate of drug-likeness (QED) is 0.388. The van der Waals surface area contributed by atoms with Crippen molar-refractivity contribution in [3.8, 4) is 0 Å². The molecule has 2 aliphatic rings. The second-order valence-corrected chi connectivity index (χ2v) is 11.4. The molecule has 196 valence electrons. The van der Waals surface area contributed by atoms with Crippen molar-refractivity contribution in [3.63, 3.8) is 0 Å². The highest BCUT2D eigenvalue weighted by molar-refractivity contribution is 6.28. The lowest BCUT2D eigenvalue weighted by molar-refractivity contribution is -0.849. The third-order valence-corrected chi connectivity index (χ3v) is 7.26. The van der Waals surface area contributed by atoms with Crippen LogP contribution in [0.1, 0.15) is 41.9 Å². The van der Waals surface area contributed by atoms with E-state index in [0.717, 1.165) is 4.48 Å². The van der Waals surface area contributed by atoms with Crippen molar-refractivity contribution in [2.24, 2.45) is 5.92 Å². The van der Waals surface area contributed by atoms with Crippen LogP contribution in [0, 0.1) is 23.4 Å². The summed E-state index contributed by atoms with van der Waals surface area (Å²) in [5.74, 6) is -1.96. The summed E-state index contributed by atoms with van der Waals surface area (Å²) >= 11 is 0. The maximum absolute atomic E-state index is 14.5. The molecule has 0 saturated heterocycles. The summed E-state index contributed by atoms with van der Waals surface area (Å²) in [7, 11) is 5.93. The standard InChI is InChI=1S/C25H20BF3O3.C4H12N/c27-20-7-1-4-16(12-20)23-17-10-11-24(15-17,32-26(30)31)25(23,18-5-2-8-21(28)13-18)19-6-3-9-22(29)14-19;1-5(2,3)4/h1-9,12-14,17,23H,10-11,15H2;1-4H3/q-2;+1. The van der Waals surface area contributed by atoms with E-state index in [9.17, 15) is 23.2 Å². The molecule has 4 nitrogen and oxygen atoms in total. The van der Waals surface area contributed by atoms with E-state index in [4.69, 9.17) is 4.65 Å². The Kier molecular flexibility index (Phi) is 7.59. The summed E-state index contributed by atoms with van der Waals surface area (Å²) in [6.07, 6.45) is 1.40. The van der Waals surface area contributed by atoms with Crippen molar-refractivity contribution in [3.05, 3.63) is 107 Å². The van der Waals surface area contributed by atoms with E-state index in [-0.39, 0.29) is 5.92 Å². The zero-order chi connectivity index (χ0) is 27.0. The second kappa shape index (κ2) is 10.3. The van der Waals surface area contributed by atoms with Gasteiger partial charge in [-0.1, -0.05) is 36.4 Å². The van der Waals surface area contributed by atoms with Gasteiger partial charge in [0, 0.05) is 5.92 Å². The predicted molar refractivity (Wildman–Crippen MR) is 134 cm³/mol. The molecule has 0 aromatic heterocycles. The first-order chi connectivity index (χ1) is 17.4. The average Bonchev–Trinajstić information content (AvgIpc) is 3.32. The van der Waals surface area contributed by atoms with Gasteiger partial charge < -0.3 is 19.2 Å². The minimum absolute atomic E-state index is 0.0675. The first-order valence-electron chi connectivity index (χ1n) is 12.4. The third kappa shape index (κ3) is 5.34. The van der Waals surface area contributed by atoms with Crippen LogP contribution in [0.5, 0.6) is 0 Å². The largest absolute Gasteiger partial charge is 0.871 e. The molecule has 3 aromatic carbocycles. The molecule has 3 unspecified atom stereocenters. The van der Waals surface area contributed by atoms with Crippen LogP contribution in [0.2, 0.25) is 0 Å². The highest BCUT2D eigenvalue weighted by Crippen LogP contribution is 2.70. The molecular weight excluding hydrogens is 478 g/mol. The first-order valence-corrected chi connectivity index (χ1v) is 12.4. The molecule has 8 heteroatoms. The third-order valence-electron chi connectivity index (χ3n) is 7.26. The second-order valence-electron chi connectivity index (χ2n) is 11.4. The average molecular weight is 510 g/mol. The number of nitrogens with zero attached hydrogens (tertiary/aromatic N) is 1. The van der Waals surface area contributed by atoms with Crippen molar-refractivity contribution in [1.82, 2.24) is 0 Å². The smallest absolute Gasteiger partial charge is 0.123 e. The fraction of sp³-hybridized carbons (Fsp3) is 0.379. The van der Waals surface area contributed by atoms with E-state index >= 15 is 0 Å². The molecule has 0 spiro atoms. The highest BCUT2D eigenvalue weighted by Gasteiger charge is 2.69. The summed E-state index contributed by atoms with van der Waals surface area (Å²) < 4.78 is 49.9. The van der Waals surface area contributed by atoms with Crippen molar-refractivity contribution in [1.29, 1.82) is 0 Å². The van der Waals surface area contributed by atoms with Gasteiger partial charge >= 0.3 is 0 Å². The molecule has 0 heterocycles. The van der Waals surface area contributed by atoms with Crippen molar-refractivity contribution < 1.29 is 32.4 Å². The molecule has 5 rings (SSSR count). The van der Waals surface area contributed by atoms with E-state index in [1.54, 1.807) is 36.4 Å². The lowest BCUT2D eigenvalue weighted by atomic mass is 9.55. The Morgan fingerprint density at radius 2 is 1.30 bits per heavy atom. The van der Waals surface area contributed by atoms with Gasteiger partial charge in [-0.2, -0.15) is 0 Å². The van der Waals surface area contributed by atoms with E-state index < -0.39 is 41.7 Å². The Hall–Kier alpha value is -2.65. The van der Waals surface area contributed by atoms with Gasteiger partial charge in [0.05, 0.1) is 46.5 Å². The molecule has 0 amide bonds. The highest BCUT2D eigenvalue weighted by atomic mass is 19.1. The van der Waals surface area contributed by atoms with Crippen LogP contribution >= 0.6 is 0 Å². The topological polar surface area (TPSA) is 55.3 Å². The monoisotopic (exact) mass is 510 g/mol. The van der Waals surface area contributed by atoms with Crippen LogP contribution in [0.25, 0.3) is 0 Å². The van der Waals surface area contributed by atoms with Gasteiger partial charge in [0.25, 0.3) is 0 Å². The fourth-order valence-corrected chi connectivity index (χ4v) is 6.45. The maximum atomic E-state index is 14.5. The number of rotatable bonds is 5. The SMILES string of the molecule is C[N+](C)(C)C.[O-]B([O-])OC12CCC(C1)C(c1cccc(F)c1)C2(c1cccc(F)c1)c1cccc(F)c1. The molecule has 2 bridgehead atoms. The summed E-state index contributed by atoms with van der Waals surface area (Å²) in [5, 5.41) is 23.7. The van der Waals surface area contributed by atoms with Crippen LogP contribution in [0.4, 0.5) is 13.2 Å². The van der Waals surface area contributed by atoms with Crippen molar-refractivity contribution >= 4 is 7.32 Å². The summed E-state index contributed by atoms with van der Waals surface area (Å²) in [6, 6.07) is 17.9. The Balaban J connectivity index is 0.000000586. The number of quaternary nitrogens is 1. The van der Waals surface area contributed by atoms with E-state index in [1.165, 1.54) is 36.4 Å². The lowest BCUT2D eigenvalue weighted by Crippen LogP contribution is -2.61. The minimum Gasteiger partial charge on any atom is -0.871 e. The molecule has 3 atom stereocenters. The van der Waals surface area contributed by atoms with E-state index in [1.807, 2.05) is 0 Å². The molecular formula is C29H32BF3NO3-.